The van der Waals surface area contributed by atoms with Crippen molar-refractivity contribution in [3.05, 3.63) is 29.8 Å². The summed E-state index contributed by atoms with van der Waals surface area (Å²) in [6.07, 6.45) is 0.507. The summed E-state index contributed by atoms with van der Waals surface area (Å²) in [6.45, 7) is 3.16. The first-order valence-electron chi connectivity index (χ1n) is 8.29. The summed E-state index contributed by atoms with van der Waals surface area (Å²) in [5, 5.41) is 6.88. The summed E-state index contributed by atoms with van der Waals surface area (Å²) in [5.41, 5.74) is -0.0322. The first-order valence-corrected chi connectivity index (χ1v) is 9.73. The van der Waals surface area contributed by atoms with Crippen molar-refractivity contribution in [2.24, 2.45) is 0 Å². The van der Waals surface area contributed by atoms with Crippen LogP contribution in [0.1, 0.15) is 12.7 Å². The molecule has 0 radical (unpaired) electrons. The summed E-state index contributed by atoms with van der Waals surface area (Å²) in [6, 6.07) is 3.70. The fourth-order valence-corrected chi connectivity index (χ4v) is 4.02. The van der Waals surface area contributed by atoms with Gasteiger partial charge in [0.1, 0.15) is 5.82 Å². The summed E-state index contributed by atoms with van der Waals surface area (Å²) in [4.78, 5) is 4.16. The fraction of sp³-hybridized carbons (Fsp3) is 0.500. The monoisotopic (exact) mass is 420 g/mol. The van der Waals surface area contributed by atoms with Crippen molar-refractivity contribution in [3.63, 3.8) is 0 Å². The van der Waals surface area contributed by atoms with Crippen LogP contribution in [0.15, 0.2) is 27.6 Å². The number of nitrogens with zero attached hydrogens (tertiary/aromatic N) is 3. The van der Waals surface area contributed by atoms with Gasteiger partial charge in [-0.3, -0.25) is 0 Å². The van der Waals surface area contributed by atoms with Crippen LogP contribution in [0, 0.1) is 5.82 Å². The van der Waals surface area contributed by atoms with E-state index in [4.69, 9.17) is 9.26 Å². The van der Waals surface area contributed by atoms with Crippen LogP contribution in [0.3, 0.4) is 0 Å². The fourth-order valence-electron chi connectivity index (χ4n) is 2.59. The van der Waals surface area contributed by atoms with Crippen molar-refractivity contribution in [3.8, 4) is 11.5 Å². The predicted octanol–water partition coefficient (Wildman–Crippen LogP) is 1.47. The number of morpholine rings is 1. The third kappa shape index (κ3) is 4.82. The van der Waals surface area contributed by atoms with Crippen molar-refractivity contribution >= 4 is 22.4 Å². The number of hydrogen-bond donors (Lipinski definition) is 1. The van der Waals surface area contributed by atoms with Crippen molar-refractivity contribution in [1.29, 1.82) is 0 Å². The Hall–Kier alpha value is -1.59. The maximum Gasteiger partial charge on any atom is 0.260 e. The molecular formula is C16H22ClFN4O4S. The average molecular weight is 421 g/mol. The minimum absolute atomic E-state index is 0. The molecule has 1 aliphatic heterocycles. The van der Waals surface area contributed by atoms with Crippen LogP contribution in [0.25, 0.3) is 11.5 Å². The minimum Gasteiger partial charge on any atom is -0.379 e. The van der Waals surface area contributed by atoms with E-state index in [9.17, 15) is 12.8 Å². The molecule has 11 heteroatoms. The Balaban J connectivity index is 0.00000261. The van der Waals surface area contributed by atoms with Crippen LogP contribution in [-0.2, 0) is 21.2 Å². The highest BCUT2D eigenvalue weighted by Crippen LogP contribution is 2.26. The van der Waals surface area contributed by atoms with E-state index in [-0.39, 0.29) is 47.9 Å². The molecule has 1 aliphatic rings. The van der Waals surface area contributed by atoms with E-state index < -0.39 is 15.8 Å². The summed E-state index contributed by atoms with van der Waals surface area (Å²) in [5.74, 6) is -0.245. The van der Waals surface area contributed by atoms with Gasteiger partial charge in [0.25, 0.3) is 5.89 Å². The second-order valence-corrected chi connectivity index (χ2v) is 8.01. The van der Waals surface area contributed by atoms with Crippen LogP contribution in [0.4, 0.5) is 4.39 Å². The first-order chi connectivity index (χ1) is 12.4. The summed E-state index contributed by atoms with van der Waals surface area (Å²) in [7, 11) is -1.93. The Morgan fingerprint density at radius 1 is 1.33 bits per heavy atom. The Bertz CT molecular complexity index is 871. The number of benzene rings is 1. The Morgan fingerprint density at radius 3 is 2.70 bits per heavy atom. The SMILES string of the molecule is CNC(C)Cc1noc(-c2cc(S(=O)(=O)N3CCOCC3)ccc2F)n1.Cl. The molecule has 1 saturated heterocycles. The molecule has 0 bridgehead atoms. The van der Waals surface area contributed by atoms with Crippen LogP contribution < -0.4 is 5.32 Å². The van der Waals surface area contributed by atoms with Crippen molar-refractivity contribution in [1.82, 2.24) is 19.8 Å². The molecule has 2 heterocycles. The highest BCUT2D eigenvalue weighted by Gasteiger charge is 2.28. The van der Waals surface area contributed by atoms with Gasteiger partial charge in [-0.25, -0.2) is 12.8 Å². The number of sulfonamides is 1. The topological polar surface area (TPSA) is 97.6 Å². The molecule has 2 aromatic rings. The van der Waals surface area contributed by atoms with Gasteiger partial charge in [0, 0.05) is 25.6 Å². The van der Waals surface area contributed by atoms with E-state index in [1.165, 1.54) is 16.4 Å². The number of hydrogen-bond acceptors (Lipinski definition) is 7. The second kappa shape index (κ2) is 9.07. The van der Waals surface area contributed by atoms with Crippen LogP contribution >= 0.6 is 12.4 Å². The number of ether oxygens (including phenoxy) is 1. The van der Waals surface area contributed by atoms with E-state index in [2.05, 4.69) is 15.5 Å². The van der Waals surface area contributed by atoms with Crippen molar-refractivity contribution < 1.29 is 22.1 Å². The minimum atomic E-state index is -3.74. The number of halogens is 2. The first kappa shape index (κ1) is 21.7. The van der Waals surface area contributed by atoms with Gasteiger partial charge < -0.3 is 14.6 Å². The van der Waals surface area contributed by atoms with Crippen LogP contribution in [0.2, 0.25) is 0 Å². The molecule has 0 amide bonds. The van der Waals surface area contributed by atoms with Crippen molar-refractivity contribution in [2.45, 2.75) is 24.3 Å². The van der Waals surface area contributed by atoms with Gasteiger partial charge in [0.2, 0.25) is 10.0 Å². The Labute approximate surface area is 163 Å². The zero-order valence-electron chi connectivity index (χ0n) is 15.0. The zero-order valence-corrected chi connectivity index (χ0v) is 16.6. The molecule has 0 aliphatic carbocycles. The number of rotatable bonds is 6. The van der Waals surface area contributed by atoms with Gasteiger partial charge in [-0.1, -0.05) is 5.16 Å². The molecule has 1 aromatic heterocycles. The molecule has 1 atom stereocenters. The largest absolute Gasteiger partial charge is 0.379 e. The van der Waals surface area contributed by atoms with Gasteiger partial charge >= 0.3 is 0 Å². The lowest BCUT2D eigenvalue weighted by Gasteiger charge is -2.26. The molecule has 1 N–H and O–H groups in total. The smallest absolute Gasteiger partial charge is 0.260 e. The standard InChI is InChI=1S/C16H21FN4O4S.ClH/c1-11(18-2)9-15-19-16(25-20-15)13-10-12(3-4-14(13)17)26(22,23)21-5-7-24-8-6-21;/h3-4,10-11,18H,5-9H2,1-2H3;1H. The van der Waals surface area contributed by atoms with Gasteiger partial charge in [0.05, 0.1) is 23.7 Å². The highest BCUT2D eigenvalue weighted by molar-refractivity contribution is 7.89. The third-order valence-electron chi connectivity index (χ3n) is 4.23. The molecule has 0 spiro atoms. The quantitative estimate of drug-likeness (QED) is 0.755. The van der Waals surface area contributed by atoms with E-state index >= 15 is 0 Å². The number of likely N-dealkylation sites (N-methyl/N-ethyl adjacent to an activating group) is 1. The molecular weight excluding hydrogens is 399 g/mol. The van der Waals surface area contributed by atoms with Gasteiger partial charge in [-0.05, 0) is 32.2 Å². The van der Waals surface area contributed by atoms with Gasteiger partial charge in [0.15, 0.2) is 5.82 Å². The average Bonchev–Trinajstić information content (AvgIpc) is 3.10. The summed E-state index contributed by atoms with van der Waals surface area (Å²) < 4.78 is 51.4. The number of aromatic nitrogens is 2. The molecule has 1 aromatic carbocycles. The van der Waals surface area contributed by atoms with Gasteiger partial charge in [-0.15, -0.1) is 12.4 Å². The predicted molar refractivity (Wildman–Crippen MR) is 98.7 cm³/mol. The molecule has 3 rings (SSSR count). The number of nitrogens with one attached hydrogen (secondary N) is 1. The summed E-state index contributed by atoms with van der Waals surface area (Å²) >= 11 is 0. The van der Waals surface area contributed by atoms with E-state index in [1.54, 1.807) is 0 Å². The van der Waals surface area contributed by atoms with Crippen molar-refractivity contribution in [2.75, 3.05) is 33.4 Å². The van der Waals surface area contributed by atoms with Crippen LogP contribution in [0.5, 0.6) is 0 Å². The van der Waals surface area contributed by atoms with E-state index in [0.717, 1.165) is 6.07 Å². The lowest BCUT2D eigenvalue weighted by molar-refractivity contribution is 0.0730. The van der Waals surface area contributed by atoms with E-state index in [0.29, 0.717) is 25.5 Å². The Kier molecular flexibility index (Phi) is 7.29. The highest BCUT2D eigenvalue weighted by atomic mass is 35.5. The molecule has 8 nitrogen and oxygen atoms in total. The normalized spacial score (nSPS) is 16.7. The second-order valence-electron chi connectivity index (χ2n) is 6.07. The molecule has 150 valence electrons. The maximum absolute atomic E-state index is 14.3. The molecule has 1 fully saturated rings. The van der Waals surface area contributed by atoms with E-state index in [1.807, 2.05) is 14.0 Å². The van der Waals surface area contributed by atoms with Gasteiger partial charge in [-0.2, -0.15) is 9.29 Å². The van der Waals surface area contributed by atoms with Crippen LogP contribution in [-0.4, -0.2) is 62.3 Å². The lowest BCUT2D eigenvalue weighted by atomic mass is 10.2. The molecule has 27 heavy (non-hydrogen) atoms. The zero-order chi connectivity index (χ0) is 18.7. The Morgan fingerprint density at radius 2 is 2.04 bits per heavy atom. The third-order valence-corrected chi connectivity index (χ3v) is 6.12. The maximum atomic E-state index is 14.3. The molecule has 0 saturated carbocycles. The molecule has 1 unspecified atom stereocenters. The lowest BCUT2D eigenvalue weighted by Crippen LogP contribution is -2.40.